The molecule has 0 radical (unpaired) electrons. The molecule has 2 heteroatoms. The van der Waals surface area contributed by atoms with E-state index in [2.05, 4.69) is 20.8 Å². The van der Waals surface area contributed by atoms with Crippen LogP contribution in [0.25, 0.3) is 0 Å². The summed E-state index contributed by atoms with van der Waals surface area (Å²) in [6, 6.07) is 0. The molecule has 0 aromatic heterocycles. The number of hydrogen-bond acceptors (Lipinski definition) is 1. The van der Waals surface area contributed by atoms with Gasteiger partial charge in [0.1, 0.15) is 0 Å². The Morgan fingerprint density at radius 3 is 1.94 bits per heavy atom. The number of nitrogens with zero attached hydrogens (tertiary/aromatic N) is 1. The van der Waals surface area contributed by atoms with Crippen LogP contribution in [0.4, 0.5) is 0 Å². The first kappa shape index (κ1) is 12.9. The van der Waals surface area contributed by atoms with E-state index >= 15 is 0 Å². The zero-order valence-corrected chi connectivity index (χ0v) is 12.1. The normalized spacial score (nSPS) is 27.6. The average Bonchev–Trinajstić information content (AvgIpc) is 2.59. The third-order valence-electron chi connectivity index (χ3n) is 4.46. The molecule has 94 valence electrons. The second-order valence-corrected chi connectivity index (χ2v) is 6.45. The number of halogens is 1. The smallest absolute Gasteiger partial charge is 0.0100 e. The lowest BCUT2D eigenvalue weighted by molar-refractivity contribution is 0.129. The number of alkyl halides is 1. The highest BCUT2D eigenvalue weighted by molar-refractivity contribution is 9.09. The Kier molecular flexibility index (Phi) is 5.15. The first-order valence-electron chi connectivity index (χ1n) is 7.13. The van der Waals surface area contributed by atoms with Crippen molar-refractivity contribution in [3.05, 3.63) is 0 Å². The van der Waals surface area contributed by atoms with Crippen LogP contribution in [0, 0.1) is 5.41 Å². The van der Waals surface area contributed by atoms with Gasteiger partial charge in [0.05, 0.1) is 0 Å². The third-order valence-corrected chi connectivity index (χ3v) is 5.64. The van der Waals surface area contributed by atoms with Gasteiger partial charge in [0.15, 0.2) is 0 Å². The molecule has 2 aliphatic rings. The van der Waals surface area contributed by atoms with Crippen LogP contribution in [0.2, 0.25) is 0 Å². The monoisotopic (exact) mass is 287 g/mol. The molecule has 16 heavy (non-hydrogen) atoms. The van der Waals surface area contributed by atoms with Gasteiger partial charge >= 0.3 is 0 Å². The van der Waals surface area contributed by atoms with Crippen LogP contribution in [0.1, 0.15) is 57.8 Å². The second-order valence-electron chi connectivity index (χ2n) is 5.88. The fourth-order valence-corrected chi connectivity index (χ4v) is 4.14. The molecule has 2 rings (SSSR count). The van der Waals surface area contributed by atoms with Crippen molar-refractivity contribution < 1.29 is 0 Å². The van der Waals surface area contributed by atoms with Gasteiger partial charge in [-0.3, -0.25) is 0 Å². The Morgan fingerprint density at radius 1 is 0.812 bits per heavy atom. The molecule has 1 saturated carbocycles. The van der Waals surface area contributed by atoms with E-state index in [9.17, 15) is 0 Å². The summed E-state index contributed by atoms with van der Waals surface area (Å²) in [5.41, 5.74) is 0.614. The lowest BCUT2D eigenvalue weighted by Crippen LogP contribution is -2.40. The number of hydrogen-bond donors (Lipinski definition) is 0. The van der Waals surface area contributed by atoms with Gasteiger partial charge in [-0.05, 0) is 44.2 Å². The zero-order valence-electron chi connectivity index (χ0n) is 10.5. The van der Waals surface area contributed by atoms with Crippen molar-refractivity contribution in [1.29, 1.82) is 0 Å². The first-order chi connectivity index (χ1) is 7.85. The standard InChI is InChI=1S/C14H26BrN/c15-12-14(8-4-3-5-9-14)13-16-10-6-1-2-7-11-16/h1-13H2. The van der Waals surface area contributed by atoms with Crippen LogP contribution in [-0.2, 0) is 0 Å². The predicted molar refractivity (Wildman–Crippen MR) is 74.2 cm³/mol. The molecule has 0 bridgehead atoms. The van der Waals surface area contributed by atoms with E-state index in [-0.39, 0.29) is 0 Å². The van der Waals surface area contributed by atoms with E-state index in [1.807, 2.05) is 0 Å². The molecule has 0 atom stereocenters. The topological polar surface area (TPSA) is 3.24 Å². The van der Waals surface area contributed by atoms with Gasteiger partial charge in [-0.1, -0.05) is 48.0 Å². The van der Waals surface area contributed by atoms with Crippen molar-refractivity contribution in [3.8, 4) is 0 Å². The van der Waals surface area contributed by atoms with E-state index in [0.717, 1.165) is 0 Å². The Morgan fingerprint density at radius 2 is 1.38 bits per heavy atom. The van der Waals surface area contributed by atoms with Crippen LogP contribution in [-0.4, -0.2) is 29.9 Å². The Hall–Kier alpha value is 0.440. The Labute approximate surface area is 109 Å². The summed E-state index contributed by atoms with van der Waals surface area (Å²) in [5.74, 6) is 0. The summed E-state index contributed by atoms with van der Waals surface area (Å²) in [7, 11) is 0. The molecule has 2 fully saturated rings. The van der Waals surface area contributed by atoms with E-state index in [1.165, 1.54) is 82.8 Å². The van der Waals surface area contributed by atoms with Crippen molar-refractivity contribution in [1.82, 2.24) is 4.90 Å². The lowest BCUT2D eigenvalue weighted by atomic mass is 9.75. The summed E-state index contributed by atoms with van der Waals surface area (Å²) in [6.45, 7) is 4.07. The van der Waals surface area contributed by atoms with E-state index in [0.29, 0.717) is 5.41 Å². The molecule has 1 aliphatic carbocycles. The van der Waals surface area contributed by atoms with Crippen molar-refractivity contribution in [2.75, 3.05) is 25.0 Å². The second kappa shape index (κ2) is 6.39. The lowest BCUT2D eigenvalue weighted by Gasteiger charge is -2.40. The fraction of sp³-hybridized carbons (Fsp3) is 1.00. The van der Waals surface area contributed by atoms with Gasteiger partial charge in [0, 0.05) is 11.9 Å². The largest absolute Gasteiger partial charge is 0.303 e. The molecule has 0 spiro atoms. The van der Waals surface area contributed by atoms with Crippen molar-refractivity contribution >= 4 is 15.9 Å². The Balaban J connectivity index is 1.88. The molecular formula is C14H26BrN. The molecule has 1 nitrogen and oxygen atoms in total. The van der Waals surface area contributed by atoms with Gasteiger partial charge in [0.2, 0.25) is 0 Å². The maximum Gasteiger partial charge on any atom is 0.0100 e. The molecule has 0 N–H and O–H groups in total. The fourth-order valence-electron chi connectivity index (χ4n) is 3.40. The maximum atomic E-state index is 3.79. The van der Waals surface area contributed by atoms with Gasteiger partial charge in [-0.15, -0.1) is 0 Å². The van der Waals surface area contributed by atoms with E-state index < -0.39 is 0 Å². The minimum Gasteiger partial charge on any atom is -0.303 e. The molecule has 0 aromatic rings. The highest BCUT2D eigenvalue weighted by Gasteiger charge is 2.32. The SMILES string of the molecule is BrCC1(CN2CCCCCC2)CCCCC1. The van der Waals surface area contributed by atoms with Gasteiger partial charge in [0.25, 0.3) is 0 Å². The molecule has 1 heterocycles. The predicted octanol–water partition coefficient (Wildman–Crippen LogP) is 4.21. The highest BCUT2D eigenvalue weighted by Crippen LogP contribution is 2.38. The summed E-state index contributed by atoms with van der Waals surface area (Å²) >= 11 is 3.79. The molecule has 1 aliphatic heterocycles. The van der Waals surface area contributed by atoms with Gasteiger partial charge in [-0.2, -0.15) is 0 Å². The van der Waals surface area contributed by atoms with Crippen LogP contribution in [0.15, 0.2) is 0 Å². The van der Waals surface area contributed by atoms with Crippen molar-refractivity contribution in [2.45, 2.75) is 57.8 Å². The van der Waals surface area contributed by atoms with Crippen LogP contribution in [0.3, 0.4) is 0 Å². The first-order valence-corrected chi connectivity index (χ1v) is 8.25. The molecule has 0 aromatic carbocycles. The Bertz CT molecular complexity index is 191. The average molecular weight is 288 g/mol. The van der Waals surface area contributed by atoms with Crippen molar-refractivity contribution in [2.24, 2.45) is 5.41 Å². The van der Waals surface area contributed by atoms with Crippen LogP contribution < -0.4 is 0 Å². The minimum atomic E-state index is 0.614. The summed E-state index contributed by atoms with van der Waals surface area (Å²) in [5, 5.41) is 1.22. The van der Waals surface area contributed by atoms with Gasteiger partial charge in [-0.25, -0.2) is 0 Å². The summed E-state index contributed by atoms with van der Waals surface area (Å²) < 4.78 is 0. The molecule has 0 unspecified atom stereocenters. The highest BCUT2D eigenvalue weighted by atomic mass is 79.9. The van der Waals surface area contributed by atoms with E-state index in [1.54, 1.807) is 0 Å². The number of likely N-dealkylation sites (tertiary alicyclic amines) is 1. The van der Waals surface area contributed by atoms with Crippen molar-refractivity contribution in [3.63, 3.8) is 0 Å². The summed E-state index contributed by atoms with van der Waals surface area (Å²) in [6.07, 6.45) is 13.1. The third kappa shape index (κ3) is 3.46. The zero-order chi connectivity index (χ0) is 11.3. The molecular weight excluding hydrogens is 262 g/mol. The number of rotatable bonds is 3. The quantitative estimate of drug-likeness (QED) is 0.703. The van der Waals surface area contributed by atoms with Crippen LogP contribution in [0.5, 0.6) is 0 Å². The van der Waals surface area contributed by atoms with Crippen LogP contribution >= 0.6 is 15.9 Å². The maximum absolute atomic E-state index is 3.79. The van der Waals surface area contributed by atoms with Gasteiger partial charge < -0.3 is 4.90 Å². The summed E-state index contributed by atoms with van der Waals surface area (Å²) in [4.78, 5) is 2.75. The molecule has 0 amide bonds. The molecule has 1 saturated heterocycles. The van der Waals surface area contributed by atoms with E-state index in [4.69, 9.17) is 0 Å². The minimum absolute atomic E-state index is 0.614.